The van der Waals surface area contributed by atoms with Crippen LogP contribution in [0.2, 0.25) is 0 Å². The summed E-state index contributed by atoms with van der Waals surface area (Å²) in [5.74, 6) is 0. The number of nitrogens with one attached hydrogen (secondary N) is 1. The van der Waals surface area contributed by atoms with Crippen molar-refractivity contribution in [2.75, 3.05) is 6.54 Å². The number of aryl methyl sites for hydroxylation is 1. The van der Waals surface area contributed by atoms with Crippen LogP contribution in [0.4, 0.5) is 0 Å². The van der Waals surface area contributed by atoms with Gasteiger partial charge in [-0.3, -0.25) is 9.67 Å². The van der Waals surface area contributed by atoms with E-state index < -0.39 is 0 Å². The second-order valence-corrected chi connectivity index (χ2v) is 4.96. The zero-order valence-electron chi connectivity index (χ0n) is 11.6. The maximum Gasteiger partial charge on any atom is 0.0637 e. The summed E-state index contributed by atoms with van der Waals surface area (Å²) >= 11 is 0. The molecule has 20 heavy (non-hydrogen) atoms. The molecule has 0 spiro atoms. The second-order valence-electron chi connectivity index (χ2n) is 4.96. The van der Waals surface area contributed by atoms with Crippen LogP contribution in [0.1, 0.15) is 11.3 Å². The molecule has 0 amide bonds. The van der Waals surface area contributed by atoms with E-state index in [9.17, 15) is 0 Å². The Balaban J connectivity index is 1.54. The van der Waals surface area contributed by atoms with Gasteiger partial charge < -0.3 is 5.32 Å². The highest BCUT2D eigenvalue weighted by Crippen LogP contribution is 2.14. The Morgan fingerprint density at radius 3 is 2.95 bits per heavy atom. The zero-order valence-corrected chi connectivity index (χ0v) is 11.6. The summed E-state index contributed by atoms with van der Waals surface area (Å²) in [6.07, 6.45) is 6.67. The maximum atomic E-state index is 4.37. The summed E-state index contributed by atoms with van der Waals surface area (Å²) in [4.78, 5) is 4.13. The van der Waals surface area contributed by atoms with Gasteiger partial charge in [0.2, 0.25) is 0 Å². The minimum absolute atomic E-state index is 0.880. The normalized spacial score (nSPS) is 11.1. The van der Waals surface area contributed by atoms with Gasteiger partial charge in [0.25, 0.3) is 0 Å². The lowest BCUT2D eigenvalue weighted by Crippen LogP contribution is -2.16. The van der Waals surface area contributed by atoms with Gasteiger partial charge in [-0.15, -0.1) is 0 Å². The predicted molar refractivity (Wildman–Crippen MR) is 80.4 cm³/mol. The van der Waals surface area contributed by atoms with Crippen molar-refractivity contribution >= 4 is 10.8 Å². The summed E-state index contributed by atoms with van der Waals surface area (Å²) < 4.78 is 1.84. The van der Waals surface area contributed by atoms with Gasteiger partial charge in [0.1, 0.15) is 0 Å². The lowest BCUT2D eigenvalue weighted by molar-refractivity contribution is 0.666. The lowest BCUT2D eigenvalue weighted by atomic mass is 10.1. The number of rotatable bonds is 5. The molecule has 102 valence electrons. The van der Waals surface area contributed by atoms with E-state index in [2.05, 4.69) is 39.7 Å². The first-order chi connectivity index (χ1) is 9.81. The third-order valence-electron chi connectivity index (χ3n) is 3.36. The summed E-state index contributed by atoms with van der Waals surface area (Å²) in [6.45, 7) is 1.82. The standard InChI is InChI=1S/C16H18N4/c1-20-9-6-16(19-20)5-8-17-11-13-2-3-15-12-18-7-4-14(15)10-13/h2-4,6-7,9-10,12,17H,5,8,11H2,1H3. The Kier molecular flexibility index (Phi) is 3.74. The highest BCUT2D eigenvalue weighted by Gasteiger charge is 1.98. The van der Waals surface area contributed by atoms with Gasteiger partial charge in [0, 0.05) is 50.5 Å². The van der Waals surface area contributed by atoms with E-state index in [-0.39, 0.29) is 0 Å². The van der Waals surface area contributed by atoms with E-state index in [0.717, 1.165) is 25.2 Å². The molecule has 0 bridgehead atoms. The highest BCUT2D eigenvalue weighted by atomic mass is 15.2. The van der Waals surface area contributed by atoms with Crippen LogP contribution in [0, 0.1) is 0 Å². The van der Waals surface area contributed by atoms with Gasteiger partial charge in [0.15, 0.2) is 0 Å². The van der Waals surface area contributed by atoms with Crippen LogP contribution >= 0.6 is 0 Å². The van der Waals surface area contributed by atoms with Gasteiger partial charge in [-0.2, -0.15) is 5.10 Å². The van der Waals surface area contributed by atoms with Gasteiger partial charge in [-0.1, -0.05) is 12.1 Å². The molecule has 2 heterocycles. The van der Waals surface area contributed by atoms with E-state index in [1.807, 2.05) is 36.4 Å². The van der Waals surface area contributed by atoms with Crippen LogP contribution in [-0.2, 0) is 20.0 Å². The fourth-order valence-corrected chi connectivity index (χ4v) is 2.29. The monoisotopic (exact) mass is 266 g/mol. The molecule has 0 unspecified atom stereocenters. The maximum absolute atomic E-state index is 4.37. The molecular weight excluding hydrogens is 248 g/mol. The van der Waals surface area contributed by atoms with Crippen molar-refractivity contribution < 1.29 is 0 Å². The molecule has 0 aliphatic heterocycles. The minimum atomic E-state index is 0.880. The van der Waals surface area contributed by atoms with Crippen molar-refractivity contribution in [2.24, 2.45) is 7.05 Å². The first kappa shape index (κ1) is 12.8. The lowest BCUT2D eigenvalue weighted by Gasteiger charge is -2.05. The van der Waals surface area contributed by atoms with E-state index in [1.165, 1.54) is 16.3 Å². The number of aromatic nitrogens is 3. The van der Waals surface area contributed by atoms with E-state index in [1.54, 1.807) is 0 Å². The smallest absolute Gasteiger partial charge is 0.0637 e. The molecule has 1 aromatic carbocycles. The van der Waals surface area contributed by atoms with Crippen LogP contribution < -0.4 is 5.32 Å². The average molecular weight is 266 g/mol. The van der Waals surface area contributed by atoms with Crippen LogP contribution in [0.15, 0.2) is 48.9 Å². The van der Waals surface area contributed by atoms with Gasteiger partial charge in [-0.05, 0) is 29.1 Å². The van der Waals surface area contributed by atoms with Crippen LogP contribution in [0.5, 0.6) is 0 Å². The molecule has 4 nitrogen and oxygen atoms in total. The molecule has 0 aliphatic rings. The average Bonchev–Trinajstić information content (AvgIpc) is 2.89. The van der Waals surface area contributed by atoms with Crippen molar-refractivity contribution in [3.05, 3.63) is 60.2 Å². The van der Waals surface area contributed by atoms with Crippen molar-refractivity contribution in [1.29, 1.82) is 0 Å². The summed E-state index contributed by atoms with van der Waals surface area (Å²) in [5, 5.41) is 10.2. The minimum Gasteiger partial charge on any atom is -0.312 e. The Morgan fingerprint density at radius 2 is 2.10 bits per heavy atom. The molecule has 3 rings (SSSR count). The number of fused-ring (bicyclic) bond motifs is 1. The van der Waals surface area contributed by atoms with Crippen molar-refractivity contribution in [1.82, 2.24) is 20.1 Å². The largest absolute Gasteiger partial charge is 0.312 e. The van der Waals surface area contributed by atoms with E-state index >= 15 is 0 Å². The summed E-state index contributed by atoms with van der Waals surface area (Å²) in [5.41, 5.74) is 2.43. The molecule has 0 atom stereocenters. The van der Waals surface area contributed by atoms with Gasteiger partial charge in [0.05, 0.1) is 5.69 Å². The Hall–Kier alpha value is -2.20. The third-order valence-corrected chi connectivity index (χ3v) is 3.36. The number of benzene rings is 1. The van der Waals surface area contributed by atoms with Gasteiger partial charge in [-0.25, -0.2) is 0 Å². The SMILES string of the molecule is Cn1ccc(CCNCc2ccc3cnccc3c2)n1. The quantitative estimate of drug-likeness (QED) is 0.721. The van der Waals surface area contributed by atoms with Crippen LogP contribution in [-0.4, -0.2) is 21.3 Å². The topological polar surface area (TPSA) is 42.7 Å². The fraction of sp³-hybridized carbons (Fsp3) is 0.250. The Bertz CT molecular complexity index is 702. The number of hydrogen-bond donors (Lipinski definition) is 1. The molecule has 2 aromatic heterocycles. The Labute approximate surface area is 118 Å². The molecule has 0 fully saturated rings. The predicted octanol–water partition coefficient (Wildman–Crippen LogP) is 2.30. The van der Waals surface area contributed by atoms with Crippen molar-refractivity contribution in [2.45, 2.75) is 13.0 Å². The molecule has 0 saturated carbocycles. The third kappa shape index (κ3) is 3.03. The highest BCUT2D eigenvalue weighted by molar-refractivity contribution is 5.81. The number of pyridine rings is 1. The Morgan fingerprint density at radius 1 is 1.15 bits per heavy atom. The first-order valence-corrected chi connectivity index (χ1v) is 6.83. The second kappa shape index (κ2) is 5.84. The molecule has 0 radical (unpaired) electrons. The summed E-state index contributed by atoms with van der Waals surface area (Å²) in [6, 6.07) is 10.6. The number of nitrogens with zero attached hydrogens (tertiary/aromatic N) is 3. The van der Waals surface area contributed by atoms with Gasteiger partial charge >= 0.3 is 0 Å². The molecule has 0 aliphatic carbocycles. The van der Waals surface area contributed by atoms with Crippen molar-refractivity contribution in [3.63, 3.8) is 0 Å². The molecule has 0 saturated heterocycles. The van der Waals surface area contributed by atoms with E-state index in [0.29, 0.717) is 0 Å². The van der Waals surface area contributed by atoms with Crippen LogP contribution in [0.25, 0.3) is 10.8 Å². The van der Waals surface area contributed by atoms with Crippen LogP contribution in [0.3, 0.4) is 0 Å². The molecular formula is C16H18N4. The molecule has 3 aromatic rings. The zero-order chi connectivity index (χ0) is 13.8. The fourth-order valence-electron chi connectivity index (χ4n) is 2.29. The number of hydrogen-bond acceptors (Lipinski definition) is 3. The molecule has 4 heteroatoms. The molecule has 1 N–H and O–H groups in total. The van der Waals surface area contributed by atoms with Crippen molar-refractivity contribution in [3.8, 4) is 0 Å². The van der Waals surface area contributed by atoms with E-state index in [4.69, 9.17) is 0 Å². The first-order valence-electron chi connectivity index (χ1n) is 6.83. The summed E-state index contributed by atoms with van der Waals surface area (Å²) in [7, 11) is 1.95.